The van der Waals surface area contributed by atoms with Crippen molar-refractivity contribution >= 4 is 33.7 Å². The van der Waals surface area contributed by atoms with Gasteiger partial charge in [-0.3, -0.25) is 0 Å². The third-order valence-corrected chi connectivity index (χ3v) is 8.96. The highest BCUT2D eigenvalue weighted by Crippen LogP contribution is 2.50. The fraction of sp³-hybridized carbons (Fsp3) is 0.263. The van der Waals surface area contributed by atoms with Crippen molar-refractivity contribution in [2.45, 2.75) is 51.4 Å². The van der Waals surface area contributed by atoms with Crippen LogP contribution in [0.3, 0.4) is 0 Å². The van der Waals surface area contributed by atoms with E-state index in [2.05, 4.69) is 142 Å². The third kappa shape index (κ3) is 5.34. The summed E-state index contributed by atoms with van der Waals surface area (Å²) in [6.07, 6.45) is 8.64. The molecule has 4 aromatic rings. The maximum Gasteiger partial charge on any atom is 0.0451 e. The number of rotatable bonds is 9. The van der Waals surface area contributed by atoms with E-state index in [1.807, 2.05) is 13.1 Å². The summed E-state index contributed by atoms with van der Waals surface area (Å²) in [6, 6.07) is 30.1. The molecule has 5 rings (SSSR count). The molecular formula is C38H41ClN2. The Bertz CT molecular complexity index is 1630. The molecule has 0 radical (unpaired) electrons. The largest absolute Gasteiger partial charge is 0.388 e. The molecular weight excluding hydrogens is 520 g/mol. The minimum Gasteiger partial charge on any atom is -0.388 e. The van der Waals surface area contributed by atoms with Gasteiger partial charge in [-0.1, -0.05) is 112 Å². The predicted molar refractivity (Wildman–Crippen MR) is 179 cm³/mol. The maximum atomic E-state index is 6.58. The molecule has 1 N–H and O–H groups in total. The van der Waals surface area contributed by atoms with Gasteiger partial charge >= 0.3 is 0 Å². The lowest BCUT2D eigenvalue weighted by molar-refractivity contribution is 0.561. The second-order valence-corrected chi connectivity index (χ2v) is 12.3. The molecule has 0 amide bonds. The fourth-order valence-electron chi connectivity index (χ4n) is 6.46. The molecule has 1 heterocycles. The van der Waals surface area contributed by atoms with Crippen LogP contribution < -0.4 is 10.2 Å². The van der Waals surface area contributed by atoms with E-state index in [9.17, 15) is 0 Å². The monoisotopic (exact) mass is 560 g/mol. The molecule has 2 nitrogen and oxygen atoms in total. The van der Waals surface area contributed by atoms with Crippen LogP contribution in [0.4, 0.5) is 11.4 Å². The van der Waals surface area contributed by atoms with Crippen LogP contribution in [-0.2, 0) is 17.3 Å². The standard InChI is InChI=1S/C38H41ClN2/c1-7-24-41-34-23-21-30(39)25-32(34)38(5,26-28-15-9-8-10-16-28)35(41)19-13-14-27(2)37(3,4)36-31-18-12-11-17-29(31)20-22-33(36)40-6/h8-23,25,40H,2,7,24,26H2,1,3-6H3/b14-13+,35-19+. The van der Waals surface area contributed by atoms with Crippen LogP contribution in [-0.4, -0.2) is 13.6 Å². The summed E-state index contributed by atoms with van der Waals surface area (Å²) in [6.45, 7) is 14.7. The summed E-state index contributed by atoms with van der Waals surface area (Å²) in [4.78, 5) is 2.48. The van der Waals surface area contributed by atoms with Crippen LogP contribution in [0.2, 0.25) is 5.02 Å². The summed E-state index contributed by atoms with van der Waals surface area (Å²) in [7, 11) is 1.99. The molecule has 4 aromatic carbocycles. The highest BCUT2D eigenvalue weighted by molar-refractivity contribution is 6.30. The number of anilines is 2. The number of halogens is 1. The van der Waals surface area contributed by atoms with Crippen molar-refractivity contribution in [3.05, 3.63) is 143 Å². The number of nitrogens with zero attached hydrogens (tertiary/aromatic N) is 1. The molecule has 0 saturated heterocycles. The molecule has 41 heavy (non-hydrogen) atoms. The number of nitrogens with one attached hydrogen (secondary N) is 1. The minimum atomic E-state index is -0.281. The van der Waals surface area contributed by atoms with E-state index in [-0.39, 0.29) is 10.8 Å². The summed E-state index contributed by atoms with van der Waals surface area (Å²) in [5, 5.41) is 6.70. The molecule has 0 spiro atoms. The van der Waals surface area contributed by atoms with Gasteiger partial charge in [-0.2, -0.15) is 0 Å². The molecule has 0 fully saturated rings. The summed E-state index contributed by atoms with van der Waals surface area (Å²) >= 11 is 6.58. The first-order valence-corrected chi connectivity index (χ1v) is 15.0. The van der Waals surface area contributed by atoms with E-state index in [1.54, 1.807) is 0 Å². The minimum absolute atomic E-state index is 0.215. The van der Waals surface area contributed by atoms with Gasteiger partial charge < -0.3 is 10.2 Å². The maximum absolute atomic E-state index is 6.58. The highest BCUT2D eigenvalue weighted by atomic mass is 35.5. The fourth-order valence-corrected chi connectivity index (χ4v) is 6.63. The first-order chi connectivity index (χ1) is 19.7. The van der Waals surface area contributed by atoms with Gasteiger partial charge in [-0.05, 0) is 83.1 Å². The number of benzene rings is 4. The molecule has 1 atom stereocenters. The molecule has 1 aliphatic rings. The van der Waals surface area contributed by atoms with E-state index in [0.29, 0.717) is 0 Å². The smallest absolute Gasteiger partial charge is 0.0451 e. The number of allylic oxidation sites excluding steroid dienone is 5. The van der Waals surface area contributed by atoms with E-state index in [0.717, 1.165) is 35.7 Å². The Labute approximate surface area is 251 Å². The molecule has 3 heteroatoms. The lowest BCUT2D eigenvalue weighted by Crippen LogP contribution is -2.31. The first kappa shape index (κ1) is 28.8. The van der Waals surface area contributed by atoms with Crippen LogP contribution in [0.1, 0.15) is 50.8 Å². The second-order valence-electron chi connectivity index (χ2n) is 11.8. The van der Waals surface area contributed by atoms with Gasteiger partial charge in [0.1, 0.15) is 0 Å². The zero-order chi connectivity index (χ0) is 29.2. The Balaban J connectivity index is 1.56. The molecule has 1 unspecified atom stereocenters. The average Bonchev–Trinajstić information content (AvgIpc) is 3.19. The van der Waals surface area contributed by atoms with E-state index < -0.39 is 0 Å². The average molecular weight is 561 g/mol. The Morgan fingerprint density at radius 2 is 1.73 bits per heavy atom. The SMILES string of the molecule is C=C(/C=C/C=C1/N(CCC)c2ccc(Cl)cc2C1(C)Cc1ccccc1)C(C)(C)c1c(NC)ccc2ccccc12. The Morgan fingerprint density at radius 1 is 1.00 bits per heavy atom. The summed E-state index contributed by atoms with van der Waals surface area (Å²) in [5.74, 6) is 0. The lowest BCUT2D eigenvalue weighted by Gasteiger charge is -2.31. The Morgan fingerprint density at radius 3 is 2.46 bits per heavy atom. The van der Waals surface area contributed by atoms with Gasteiger partial charge in [0.2, 0.25) is 0 Å². The van der Waals surface area contributed by atoms with Crippen molar-refractivity contribution in [1.82, 2.24) is 0 Å². The van der Waals surface area contributed by atoms with Crippen molar-refractivity contribution in [1.29, 1.82) is 0 Å². The van der Waals surface area contributed by atoms with E-state index >= 15 is 0 Å². The van der Waals surface area contributed by atoms with Gasteiger partial charge in [-0.15, -0.1) is 0 Å². The topological polar surface area (TPSA) is 15.3 Å². The predicted octanol–water partition coefficient (Wildman–Crippen LogP) is 10.2. The molecule has 0 saturated carbocycles. The van der Waals surface area contributed by atoms with E-state index in [4.69, 9.17) is 11.6 Å². The third-order valence-electron chi connectivity index (χ3n) is 8.73. The van der Waals surface area contributed by atoms with Crippen LogP contribution in [0, 0.1) is 0 Å². The molecule has 0 aromatic heterocycles. The van der Waals surface area contributed by atoms with E-state index in [1.165, 1.54) is 38.8 Å². The van der Waals surface area contributed by atoms with Gasteiger partial charge in [0.15, 0.2) is 0 Å². The normalized spacial score (nSPS) is 17.9. The zero-order valence-corrected chi connectivity index (χ0v) is 25.7. The first-order valence-electron chi connectivity index (χ1n) is 14.6. The molecule has 210 valence electrons. The quantitative estimate of drug-likeness (QED) is 0.205. The van der Waals surface area contributed by atoms with Crippen molar-refractivity contribution in [2.24, 2.45) is 0 Å². The van der Waals surface area contributed by atoms with Crippen molar-refractivity contribution in [2.75, 3.05) is 23.8 Å². The Hall–Kier alpha value is -3.75. The van der Waals surface area contributed by atoms with Crippen LogP contribution >= 0.6 is 11.6 Å². The number of fused-ring (bicyclic) bond motifs is 2. The number of hydrogen-bond acceptors (Lipinski definition) is 2. The Kier molecular flexibility index (Phi) is 8.16. The van der Waals surface area contributed by atoms with Crippen molar-refractivity contribution in [3.63, 3.8) is 0 Å². The second kappa shape index (κ2) is 11.6. The molecule has 0 aliphatic carbocycles. The molecule has 0 bridgehead atoms. The van der Waals surface area contributed by atoms with Crippen LogP contribution in [0.5, 0.6) is 0 Å². The zero-order valence-electron chi connectivity index (χ0n) is 25.0. The van der Waals surface area contributed by atoms with Crippen LogP contribution in [0.25, 0.3) is 10.8 Å². The van der Waals surface area contributed by atoms with Crippen LogP contribution in [0.15, 0.2) is 121 Å². The van der Waals surface area contributed by atoms with Crippen molar-refractivity contribution < 1.29 is 0 Å². The highest BCUT2D eigenvalue weighted by Gasteiger charge is 2.43. The summed E-state index contributed by atoms with van der Waals surface area (Å²) < 4.78 is 0. The van der Waals surface area contributed by atoms with Crippen molar-refractivity contribution in [3.8, 4) is 0 Å². The number of hydrogen-bond donors (Lipinski definition) is 1. The van der Waals surface area contributed by atoms with Gasteiger partial charge in [0.05, 0.1) is 0 Å². The molecule has 1 aliphatic heterocycles. The van der Waals surface area contributed by atoms with Gasteiger partial charge in [-0.25, -0.2) is 0 Å². The summed E-state index contributed by atoms with van der Waals surface area (Å²) in [5.41, 5.74) is 8.12. The van der Waals surface area contributed by atoms with Gasteiger partial charge in [0, 0.05) is 46.5 Å². The van der Waals surface area contributed by atoms with Gasteiger partial charge in [0.25, 0.3) is 0 Å². The lowest BCUT2D eigenvalue weighted by atomic mass is 9.75.